The zero-order valence-corrected chi connectivity index (χ0v) is 12.4. The normalized spacial score (nSPS) is 25.4. The van der Waals surface area contributed by atoms with Gasteiger partial charge in [0.1, 0.15) is 5.82 Å². The minimum Gasteiger partial charge on any atom is -0.481 e. The van der Waals surface area contributed by atoms with Crippen molar-refractivity contribution >= 4 is 23.5 Å². The van der Waals surface area contributed by atoms with Gasteiger partial charge >= 0.3 is 5.97 Å². The molecule has 1 fully saturated rings. The summed E-state index contributed by atoms with van der Waals surface area (Å²) >= 11 is 5.80. The third-order valence-corrected chi connectivity index (χ3v) is 4.49. The van der Waals surface area contributed by atoms with E-state index in [9.17, 15) is 19.1 Å². The van der Waals surface area contributed by atoms with Crippen LogP contribution in [0.25, 0.3) is 0 Å². The number of carboxylic acid groups (broad SMARTS) is 1. The van der Waals surface area contributed by atoms with E-state index in [0.29, 0.717) is 12.8 Å². The van der Waals surface area contributed by atoms with Crippen LogP contribution in [0, 0.1) is 11.7 Å². The van der Waals surface area contributed by atoms with Gasteiger partial charge in [-0.25, -0.2) is 4.39 Å². The summed E-state index contributed by atoms with van der Waals surface area (Å²) in [5, 5.41) is 11.8. The summed E-state index contributed by atoms with van der Waals surface area (Å²) in [6.45, 7) is 1.72. The molecule has 0 saturated heterocycles. The second kappa shape index (κ2) is 6.02. The van der Waals surface area contributed by atoms with Crippen LogP contribution in [0.5, 0.6) is 0 Å². The van der Waals surface area contributed by atoms with Gasteiger partial charge < -0.3 is 10.4 Å². The van der Waals surface area contributed by atoms with E-state index in [1.165, 1.54) is 18.2 Å². The van der Waals surface area contributed by atoms with E-state index in [1.807, 2.05) is 0 Å². The lowest BCUT2D eigenvalue weighted by molar-refractivity contribution is -0.145. The van der Waals surface area contributed by atoms with Crippen molar-refractivity contribution in [2.24, 2.45) is 5.92 Å². The molecule has 4 nitrogen and oxygen atoms in total. The van der Waals surface area contributed by atoms with Crippen LogP contribution in [0.3, 0.4) is 0 Å². The predicted molar refractivity (Wildman–Crippen MR) is 76.9 cm³/mol. The number of hydrogen-bond acceptors (Lipinski definition) is 2. The molecule has 0 heterocycles. The SMILES string of the molecule is CC1(NC(=O)c2cccc(F)c2Cl)CCCCC1C(=O)O. The van der Waals surface area contributed by atoms with Gasteiger partial charge in [-0.05, 0) is 31.9 Å². The third-order valence-electron chi connectivity index (χ3n) is 4.10. The Labute approximate surface area is 127 Å². The predicted octanol–water partition coefficient (Wildman–Crippen LogP) is 3.24. The Morgan fingerprint density at radius 2 is 2.14 bits per heavy atom. The van der Waals surface area contributed by atoms with E-state index in [-0.39, 0.29) is 10.6 Å². The lowest BCUT2D eigenvalue weighted by Crippen LogP contribution is -2.55. The van der Waals surface area contributed by atoms with Crippen molar-refractivity contribution < 1.29 is 19.1 Å². The van der Waals surface area contributed by atoms with E-state index in [2.05, 4.69) is 5.32 Å². The molecule has 0 spiro atoms. The average molecular weight is 314 g/mol. The molecular formula is C15H17ClFNO3. The minimum absolute atomic E-state index is 0.0209. The number of carbonyl (C=O) groups excluding carboxylic acids is 1. The molecule has 0 aromatic heterocycles. The van der Waals surface area contributed by atoms with Gasteiger partial charge in [0.2, 0.25) is 0 Å². The zero-order valence-electron chi connectivity index (χ0n) is 11.7. The lowest BCUT2D eigenvalue weighted by atomic mass is 9.73. The molecule has 1 aromatic rings. The number of carboxylic acids is 1. The molecule has 1 aromatic carbocycles. The summed E-state index contributed by atoms with van der Waals surface area (Å²) in [4.78, 5) is 23.7. The van der Waals surface area contributed by atoms with Crippen LogP contribution >= 0.6 is 11.6 Å². The van der Waals surface area contributed by atoms with Crippen LogP contribution in [-0.2, 0) is 4.79 Å². The van der Waals surface area contributed by atoms with Crippen molar-refractivity contribution in [2.45, 2.75) is 38.1 Å². The Morgan fingerprint density at radius 1 is 1.43 bits per heavy atom. The van der Waals surface area contributed by atoms with Crippen LogP contribution in [0.1, 0.15) is 43.0 Å². The maximum absolute atomic E-state index is 13.4. The molecule has 0 aliphatic heterocycles. The fourth-order valence-corrected chi connectivity index (χ4v) is 3.10. The highest BCUT2D eigenvalue weighted by atomic mass is 35.5. The second-order valence-electron chi connectivity index (χ2n) is 5.61. The summed E-state index contributed by atoms with van der Waals surface area (Å²) in [6.07, 6.45) is 2.76. The van der Waals surface area contributed by atoms with Crippen LogP contribution in [0.2, 0.25) is 5.02 Å². The molecule has 1 amide bonds. The molecule has 2 unspecified atom stereocenters. The van der Waals surface area contributed by atoms with Gasteiger partial charge in [0.05, 0.1) is 22.0 Å². The highest BCUT2D eigenvalue weighted by Crippen LogP contribution is 2.34. The first-order chi connectivity index (χ1) is 9.85. The van der Waals surface area contributed by atoms with Crippen LogP contribution in [0.4, 0.5) is 4.39 Å². The topological polar surface area (TPSA) is 66.4 Å². The molecule has 6 heteroatoms. The van der Waals surface area contributed by atoms with Crippen molar-refractivity contribution in [1.82, 2.24) is 5.32 Å². The molecule has 2 N–H and O–H groups in total. The maximum Gasteiger partial charge on any atom is 0.308 e. The molecule has 2 rings (SSSR count). The number of amides is 1. The first kappa shape index (κ1) is 15.8. The van der Waals surface area contributed by atoms with Crippen LogP contribution in [0.15, 0.2) is 18.2 Å². The van der Waals surface area contributed by atoms with Crippen molar-refractivity contribution in [1.29, 1.82) is 0 Å². The van der Waals surface area contributed by atoms with Gasteiger partial charge in [-0.3, -0.25) is 9.59 Å². The van der Waals surface area contributed by atoms with Crippen molar-refractivity contribution in [3.8, 4) is 0 Å². The number of benzene rings is 1. The molecule has 1 saturated carbocycles. The van der Waals surface area contributed by atoms with Gasteiger partial charge in [-0.15, -0.1) is 0 Å². The largest absolute Gasteiger partial charge is 0.481 e. The number of nitrogens with one attached hydrogen (secondary N) is 1. The molecule has 2 atom stereocenters. The Kier molecular flexibility index (Phi) is 4.52. The van der Waals surface area contributed by atoms with Crippen molar-refractivity contribution in [3.05, 3.63) is 34.6 Å². The summed E-state index contributed by atoms with van der Waals surface area (Å²) < 4.78 is 13.4. The fourth-order valence-electron chi connectivity index (χ4n) is 2.88. The zero-order chi connectivity index (χ0) is 15.6. The third kappa shape index (κ3) is 3.18. The van der Waals surface area contributed by atoms with E-state index in [4.69, 9.17) is 11.6 Å². The molecule has 1 aliphatic rings. The molecule has 1 aliphatic carbocycles. The van der Waals surface area contributed by atoms with Gasteiger partial charge in [0.25, 0.3) is 5.91 Å². The van der Waals surface area contributed by atoms with Gasteiger partial charge in [0.15, 0.2) is 0 Å². The number of halogens is 2. The average Bonchev–Trinajstić information content (AvgIpc) is 2.41. The summed E-state index contributed by atoms with van der Waals surface area (Å²) in [7, 11) is 0. The van der Waals surface area contributed by atoms with E-state index < -0.39 is 29.2 Å². The van der Waals surface area contributed by atoms with E-state index in [0.717, 1.165) is 12.8 Å². The summed E-state index contributed by atoms with van der Waals surface area (Å²) in [5.41, 5.74) is -0.829. The molecule has 0 radical (unpaired) electrons. The monoisotopic (exact) mass is 313 g/mol. The van der Waals surface area contributed by atoms with Gasteiger partial charge in [-0.1, -0.05) is 30.5 Å². The highest BCUT2D eigenvalue weighted by molar-refractivity contribution is 6.34. The maximum atomic E-state index is 13.4. The van der Waals surface area contributed by atoms with Crippen LogP contribution in [-0.4, -0.2) is 22.5 Å². The number of rotatable bonds is 3. The van der Waals surface area contributed by atoms with Gasteiger partial charge in [0, 0.05) is 0 Å². The van der Waals surface area contributed by atoms with E-state index >= 15 is 0 Å². The number of aliphatic carboxylic acids is 1. The smallest absolute Gasteiger partial charge is 0.308 e. The van der Waals surface area contributed by atoms with Crippen molar-refractivity contribution in [3.63, 3.8) is 0 Å². The fraction of sp³-hybridized carbons (Fsp3) is 0.467. The summed E-state index contributed by atoms with van der Waals surface area (Å²) in [5.74, 6) is -2.80. The first-order valence-corrected chi connectivity index (χ1v) is 7.22. The van der Waals surface area contributed by atoms with E-state index in [1.54, 1.807) is 6.92 Å². The quantitative estimate of drug-likeness (QED) is 0.900. The van der Waals surface area contributed by atoms with Crippen LogP contribution < -0.4 is 5.32 Å². The Hall–Kier alpha value is -1.62. The Morgan fingerprint density at radius 3 is 2.81 bits per heavy atom. The number of hydrogen-bond donors (Lipinski definition) is 2. The van der Waals surface area contributed by atoms with Gasteiger partial charge in [-0.2, -0.15) is 0 Å². The number of carbonyl (C=O) groups is 2. The molecule has 114 valence electrons. The standard InChI is InChI=1S/C15H17ClFNO3/c1-15(8-3-2-6-10(15)14(20)21)18-13(19)9-5-4-7-11(17)12(9)16/h4-5,7,10H,2-3,6,8H2,1H3,(H,18,19)(H,20,21). The Balaban J connectivity index is 2.24. The highest BCUT2D eigenvalue weighted by Gasteiger charge is 2.42. The Bertz CT molecular complexity index is 578. The molecular weight excluding hydrogens is 297 g/mol. The lowest BCUT2D eigenvalue weighted by Gasteiger charge is -2.39. The molecule has 21 heavy (non-hydrogen) atoms. The van der Waals surface area contributed by atoms with Crippen molar-refractivity contribution in [2.75, 3.05) is 0 Å². The summed E-state index contributed by atoms with van der Waals surface area (Å²) in [6, 6.07) is 3.98. The minimum atomic E-state index is -0.928. The molecule has 0 bridgehead atoms. The second-order valence-corrected chi connectivity index (χ2v) is 5.99. The first-order valence-electron chi connectivity index (χ1n) is 6.84.